The molecular formula is C21H16ClN3O4S2. The van der Waals surface area contributed by atoms with Crippen LogP contribution in [0.25, 0.3) is 21.3 Å². The molecule has 1 N–H and O–H groups in total. The minimum absolute atomic E-state index is 0.0144. The largest absolute Gasteiger partial charge is 0.281 e. The van der Waals surface area contributed by atoms with Gasteiger partial charge in [-0.2, -0.15) is 0 Å². The number of hydrogen-bond acceptors (Lipinski definition) is 6. The predicted octanol–water partition coefficient (Wildman–Crippen LogP) is 3.87. The molecule has 0 aliphatic rings. The third kappa shape index (κ3) is 3.99. The topological polar surface area (TPSA) is 98.1 Å². The van der Waals surface area contributed by atoms with Gasteiger partial charge < -0.3 is 0 Å². The van der Waals surface area contributed by atoms with Crippen molar-refractivity contribution >= 4 is 48.9 Å². The fourth-order valence-corrected chi connectivity index (χ4v) is 5.54. The smallest absolute Gasteiger partial charge is 0.267 e. The average Bonchev–Trinajstić information content (AvgIpc) is 3.07. The van der Waals surface area contributed by atoms with Gasteiger partial charge in [-0.3, -0.25) is 15.0 Å². The first-order valence-corrected chi connectivity index (χ1v) is 12.1. The zero-order valence-electron chi connectivity index (χ0n) is 16.4. The number of hydrogen-bond donors (Lipinski definition) is 1. The Balaban J connectivity index is 1.78. The number of aromatic nitrogens is 2. The fourth-order valence-electron chi connectivity index (χ4n) is 3.24. The molecule has 158 valence electrons. The van der Waals surface area contributed by atoms with Crippen LogP contribution in [0, 0.1) is 6.92 Å². The van der Waals surface area contributed by atoms with Gasteiger partial charge in [0.2, 0.25) is 0 Å². The van der Waals surface area contributed by atoms with Crippen LogP contribution in [0.5, 0.6) is 0 Å². The SMILES string of the molecule is Cc1sc2ncn(NC(=O)c3ccc(Cl)c(S(C)(=O)=O)c3)c(=O)c2c1-c1ccccc1. The van der Waals surface area contributed by atoms with E-state index in [0.29, 0.717) is 10.2 Å². The number of halogens is 1. The highest BCUT2D eigenvalue weighted by Gasteiger charge is 2.19. The second-order valence-electron chi connectivity index (χ2n) is 6.86. The average molecular weight is 474 g/mol. The number of rotatable bonds is 4. The number of aryl methyl sites for hydroxylation is 1. The summed E-state index contributed by atoms with van der Waals surface area (Å²) in [5.74, 6) is -0.668. The molecule has 4 aromatic rings. The Morgan fingerprint density at radius 2 is 1.87 bits per heavy atom. The number of benzene rings is 2. The first kappa shape index (κ1) is 21.2. The van der Waals surface area contributed by atoms with Gasteiger partial charge in [0.15, 0.2) is 9.84 Å². The van der Waals surface area contributed by atoms with Crippen molar-refractivity contribution in [3.63, 3.8) is 0 Å². The van der Waals surface area contributed by atoms with Gasteiger partial charge in [0, 0.05) is 22.3 Å². The molecule has 1 amide bonds. The lowest BCUT2D eigenvalue weighted by atomic mass is 10.0. The maximum atomic E-state index is 13.2. The Kier molecular flexibility index (Phi) is 5.42. The van der Waals surface area contributed by atoms with Crippen LogP contribution in [0.4, 0.5) is 0 Å². The Morgan fingerprint density at radius 3 is 2.55 bits per heavy atom. The number of sulfone groups is 1. The van der Waals surface area contributed by atoms with Crippen molar-refractivity contribution < 1.29 is 13.2 Å². The summed E-state index contributed by atoms with van der Waals surface area (Å²) in [5.41, 5.74) is 3.74. The third-order valence-electron chi connectivity index (χ3n) is 4.67. The van der Waals surface area contributed by atoms with Gasteiger partial charge >= 0.3 is 0 Å². The van der Waals surface area contributed by atoms with E-state index in [4.69, 9.17) is 11.6 Å². The number of thiophene rings is 1. The highest BCUT2D eigenvalue weighted by atomic mass is 35.5. The Labute approximate surface area is 186 Å². The van der Waals surface area contributed by atoms with Crippen molar-refractivity contribution in [3.05, 3.63) is 80.7 Å². The van der Waals surface area contributed by atoms with Crippen LogP contribution in [0.1, 0.15) is 15.2 Å². The molecule has 0 bridgehead atoms. The van der Waals surface area contributed by atoms with E-state index >= 15 is 0 Å². The van der Waals surface area contributed by atoms with Crippen LogP contribution >= 0.6 is 22.9 Å². The molecule has 0 fully saturated rings. The number of nitrogens with zero attached hydrogens (tertiary/aromatic N) is 2. The molecule has 0 unspecified atom stereocenters. The van der Waals surface area contributed by atoms with Crippen molar-refractivity contribution in [2.75, 3.05) is 11.7 Å². The Bertz CT molecular complexity index is 1490. The summed E-state index contributed by atoms with van der Waals surface area (Å²) in [5, 5.41) is 0.421. The second kappa shape index (κ2) is 7.92. The van der Waals surface area contributed by atoms with Gasteiger partial charge in [0.05, 0.1) is 15.3 Å². The summed E-state index contributed by atoms with van der Waals surface area (Å²) in [4.78, 5) is 31.6. The molecule has 0 atom stereocenters. The summed E-state index contributed by atoms with van der Waals surface area (Å²) in [7, 11) is -3.62. The normalized spacial score (nSPS) is 11.6. The van der Waals surface area contributed by atoms with Crippen LogP contribution in [0.2, 0.25) is 5.02 Å². The van der Waals surface area contributed by atoms with Gasteiger partial charge in [0.25, 0.3) is 11.5 Å². The highest BCUT2D eigenvalue weighted by molar-refractivity contribution is 7.90. The maximum Gasteiger partial charge on any atom is 0.281 e. The minimum Gasteiger partial charge on any atom is -0.267 e. The number of carbonyl (C=O) groups is 1. The van der Waals surface area contributed by atoms with Crippen LogP contribution in [-0.2, 0) is 9.84 Å². The van der Waals surface area contributed by atoms with Crippen LogP contribution in [-0.4, -0.2) is 30.2 Å². The number of amides is 1. The van der Waals surface area contributed by atoms with E-state index < -0.39 is 21.3 Å². The summed E-state index contributed by atoms with van der Waals surface area (Å²) >= 11 is 7.34. The monoisotopic (exact) mass is 473 g/mol. The molecular weight excluding hydrogens is 458 g/mol. The number of nitrogens with one attached hydrogen (secondary N) is 1. The molecule has 10 heteroatoms. The van der Waals surface area contributed by atoms with Gasteiger partial charge in [-0.1, -0.05) is 41.9 Å². The minimum atomic E-state index is -3.62. The second-order valence-corrected chi connectivity index (χ2v) is 10.5. The van der Waals surface area contributed by atoms with Crippen molar-refractivity contribution in [2.24, 2.45) is 0 Å². The van der Waals surface area contributed by atoms with E-state index in [1.54, 1.807) is 0 Å². The highest BCUT2D eigenvalue weighted by Crippen LogP contribution is 2.35. The standard InChI is InChI=1S/C21H16ClN3O4S2/c1-12-17(13-6-4-3-5-7-13)18-20(30-12)23-11-25(21(18)27)24-19(26)14-8-9-15(22)16(10-14)31(2,28)29/h3-11H,1-2H3,(H,24,26). The zero-order valence-corrected chi connectivity index (χ0v) is 18.8. The summed E-state index contributed by atoms with van der Waals surface area (Å²) in [6, 6.07) is 13.4. The lowest BCUT2D eigenvalue weighted by Gasteiger charge is -2.10. The van der Waals surface area contributed by atoms with Gasteiger partial charge in [-0.25, -0.2) is 18.1 Å². The zero-order chi connectivity index (χ0) is 22.3. The van der Waals surface area contributed by atoms with Crippen LogP contribution < -0.4 is 11.0 Å². The number of carbonyl (C=O) groups excluding carboxylic acids is 1. The third-order valence-corrected chi connectivity index (χ3v) is 7.26. The number of fused-ring (bicyclic) bond motifs is 1. The first-order chi connectivity index (χ1) is 14.7. The van der Waals surface area contributed by atoms with Crippen molar-refractivity contribution in [1.29, 1.82) is 0 Å². The lowest BCUT2D eigenvalue weighted by Crippen LogP contribution is -2.33. The molecule has 4 rings (SSSR count). The molecule has 31 heavy (non-hydrogen) atoms. The summed E-state index contributed by atoms with van der Waals surface area (Å²) < 4.78 is 24.8. The van der Waals surface area contributed by atoms with Gasteiger partial charge in [-0.05, 0) is 30.7 Å². The van der Waals surface area contributed by atoms with E-state index in [2.05, 4.69) is 10.4 Å². The van der Waals surface area contributed by atoms with E-state index in [0.717, 1.165) is 26.9 Å². The van der Waals surface area contributed by atoms with Crippen molar-refractivity contribution in [2.45, 2.75) is 11.8 Å². The van der Waals surface area contributed by atoms with Crippen molar-refractivity contribution in [1.82, 2.24) is 9.66 Å². The van der Waals surface area contributed by atoms with Crippen molar-refractivity contribution in [3.8, 4) is 11.1 Å². The molecule has 0 radical (unpaired) electrons. The fraction of sp³-hybridized carbons (Fsp3) is 0.0952. The van der Waals surface area contributed by atoms with E-state index in [-0.39, 0.29) is 15.5 Å². The van der Waals surface area contributed by atoms with Gasteiger partial charge in [0.1, 0.15) is 11.2 Å². The molecule has 0 spiro atoms. The van der Waals surface area contributed by atoms with Gasteiger partial charge in [-0.15, -0.1) is 11.3 Å². The Morgan fingerprint density at radius 1 is 1.16 bits per heavy atom. The Hall–Kier alpha value is -3.01. The molecule has 0 aliphatic heterocycles. The van der Waals surface area contributed by atoms with Crippen LogP contribution in [0.15, 0.2) is 64.5 Å². The molecule has 2 aromatic heterocycles. The molecule has 0 saturated heterocycles. The molecule has 2 heterocycles. The van der Waals surface area contributed by atoms with E-state index in [1.807, 2.05) is 37.3 Å². The molecule has 7 nitrogen and oxygen atoms in total. The molecule has 2 aromatic carbocycles. The van der Waals surface area contributed by atoms with E-state index in [9.17, 15) is 18.0 Å². The lowest BCUT2D eigenvalue weighted by molar-refractivity contribution is 0.101. The summed E-state index contributed by atoms with van der Waals surface area (Å²) in [6.45, 7) is 1.91. The summed E-state index contributed by atoms with van der Waals surface area (Å²) in [6.07, 6.45) is 2.24. The quantitative estimate of drug-likeness (QED) is 0.485. The first-order valence-electron chi connectivity index (χ1n) is 9.04. The molecule has 0 saturated carbocycles. The van der Waals surface area contributed by atoms with Crippen LogP contribution in [0.3, 0.4) is 0 Å². The van der Waals surface area contributed by atoms with E-state index in [1.165, 1.54) is 35.9 Å². The maximum absolute atomic E-state index is 13.2. The molecule has 0 aliphatic carbocycles. The predicted molar refractivity (Wildman–Crippen MR) is 122 cm³/mol.